The van der Waals surface area contributed by atoms with Crippen LogP contribution in [-0.4, -0.2) is 43.5 Å². The molecule has 28 heavy (non-hydrogen) atoms. The van der Waals surface area contributed by atoms with Gasteiger partial charge in [-0.3, -0.25) is 19.3 Å². The fourth-order valence-corrected chi connectivity index (χ4v) is 3.26. The molecule has 1 heterocycles. The number of rotatable bonds is 7. The first-order valence-electron chi connectivity index (χ1n) is 8.86. The third kappa shape index (κ3) is 3.43. The van der Waals surface area contributed by atoms with Gasteiger partial charge in [-0.2, -0.15) is 0 Å². The van der Waals surface area contributed by atoms with Crippen molar-refractivity contribution in [3.05, 3.63) is 59.2 Å². The van der Waals surface area contributed by atoms with Gasteiger partial charge in [0.15, 0.2) is 11.5 Å². The summed E-state index contributed by atoms with van der Waals surface area (Å²) in [6, 6.07) is 10.8. The second-order valence-corrected chi connectivity index (χ2v) is 6.17. The molecule has 0 N–H and O–H groups in total. The van der Waals surface area contributed by atoms with E-state index < -0.39 is 23.8 Å². The lowest BCUT2D eigenvalue weighted by Gasteiger charge is -2.26. The Morgan fingerprint density at radius 2 is 1.64 bits per heavy atom. The highest BCUT2D eigenvalue weighted by molar-refractivity contribution is 6.21. The molecule has 1 aliphatic rings. The molecule has 0 spiro atoms. The molecule has 0 bridgehead atoms. The molecule has 146 valence electrons. The van der Waals surface area contributed by atoms with E-state index in [1.54, 1.807) is 42.5 Å². The van der Waals surface area contributed by atoms with Gasteiger partial charge in [0.1, 0.15) is 0 Å². The van der Waals surface area contributed by atoms with Crippen molar-refractivity contribution < 1.29 is 28.6 Å². The number of nitrogens with zero attached hydrogens (tertiary/aromatic N) is 1. The first-order chi connectivity index (χ1) is 13.5. The zero-order chi connectivity index (χ0) is 20.3. The van der Waals surface area contributed by atoms with Crippen LogP contribution in [0.3, 0.4) is 0 Å². The summed E-state index contributed by atoms with van der Waals surface area (Å²) in [5.74, 6) is -0.430. The van der Waals surface area contributed by atoms with Crippen LogP contribution in [0.25, 0.3) is 0 Å². The molecule has 2 amide bonds. The summed E-state index contributed by atoms with van der Waals surface area (Å²) in [7, 11) is 2.79. The number of imide groups is 1. The van der Waals surface area contributed by atoms with Crippen LogP contribution in [0.1, 0.15) is 45.7 Å². The Kier molecular flexibility index (Phi) is 5.63. The number of esters is 1. The Hall–Kier alpha value is -3.35. The molecule has 1 atom stereocenters. The van der Waals surface area contributed by atoms with Gasteiger partial charge < -0.3 is 14.2 Å². The zero-order valence-electron chi connectivity index (χ0n) is 15.9. The second-order valence-electron chi connectivity index (χ2n) is 6.17. The number of ether oxygens (including phenoxy) is 3. The van der Waals surface area contributed by atoms with Crippen LogP contribution < -0.4 is 9.47 Å². The second kappa shape index (κ2) is 8.12. The van der Waals surface area contributed by atoms with Crippen LogP contribution in [0.2, 0.25) is 0 Å². The summed E-state index contributed by atoms with van der Waals surface area (Å²) in [6.07, 6.45) is -0.167. The van der Waals surface area contributed by atoms with Crippen molar-refractivity contribution in [1.29, 1.82) is 0 Å². The number of fused-ring (bicyclic) bond motifs is 1. The van der Waals surface area contributed by atoms with Crippen LogP contribution in [-0.2, 0) is 9.53 Å². The molecule has 1 unspecified atom stereocenters. The first kappa shape index (κ1) is 19.4. The number of methoxy groups -OCH3 is 2. The Balaban J connectivity index is 2.06. The summed E-state index contributed by atoms with van der Waals surface area (Å²) < 4.78 is 15.7. The smallest absolute Gasteiger partial charge is 0.307 e. The fraction of sp³-hybridized carbons (Fsp3) is 0.286. The van der Waals surface area contributed by atoms with Gasteiger partial charge in [0, 0.05) is 0 Å². The van der Waals surface area contributed by atoms with Gasteiger partial charge in [-0.15, -0.1) is 0 Å². The molecule has 0 fully saturated rings. The fourth-order valence-electron chi connectivity index (χ4n) is 3.26. The quantitative estimate of drug-likeness (QED) is 0.540. The van der Waals surface area contributed by atoms with E-state index in [2.05, 4.69) is 0 Å². The molecular weight excluding hydrogens is 362 g/mol. The highest BCUT2D eigenvalue weighted by atomic mass is 16.5. The number of amides is 2. The van der Waals surface area contributed by atoms with E-state index in [4.69, 9.17) is 14.2 Å². The van der Waals surface area contributed by atoms with Crippen molar-refractivity contribution >= 4 is 17.8 Å². The lowest BCUT2D eigenvalue weighted by Crippen LogP contribution is -2.35. The Bertz CT molecular complexity index is 888. The van der Waals surface area contributed by atoms with Gasteiger partial charge in [-0.05, 0) is 36.8 Å². The Morgan fingerprint density at radius 3 is 2.18 bits per heavy atom. The lowest BCUT2D eigenvalue weighted by molar-refractivity contribution is -0.141. The van der Waals surface area contributed by atoms with Crippen molar-refractivity contribution in [2.75, 3.05) is 20.8 Å². The average Bonchev–Trinajstić information content (AvgIpc) is 2.97. The van der Waals surface area contributed by atoms with Crippen molar-refractivity contribution in [2.24, 2.45) is 0 Å². The maximum absolute atomic E-state index is 12.9. The highest BCUT2D eigenvalue weighted by Crippen LogP contribution is 2.37. The topological polar surface area (TPSA) is 82.1 Å². The molecule has 7 nitrogen and oxygen atoms in total. The lowest BCUT2D eigenvalue weighted by atomic mass is 10.0. The molecular formula is C21H21NO6. The molecule has 0 aromatic heterocycles. The summed E-state index contributed by atoms with van der Waals surface area (Å²) in [5, 5.41) is 0. The van der Waals surface area contributed by atoms with Crippen molar-refractivity contribution in [3.8, 4) is 11.5 Å². The Labute approximate surface area is 162 Å². The van der Waals surface area contributed by atoms with Gasteiger partial charge in [0.25, 0.3) is 11.8 Å². The number of carbonyl (C=O) groups excluding carboxylic acids is 3. The normalized spacial score (nSPS) is 13.9. The minimum Gasteiger partial charge on any atom is -0.493 e. The van der Waals surface area contributed by atoms with Gasteiger partial charge in [-0.1, -0.05) is 18.2 Å². The maximum Gasteiger partial charge on any atom is 0.307 e. The van der Waals surface area contributed by atoms with E-state index in [0.717, 1.165) is 4.90 Å². The SMILES string of the molecule is CCOc1cc(C(CC(=O)OC)N2C(=O)c3ccccc3C2=O)ccc1OC. The van der Waals surface area contributed by atoms with Gasteiger partial charge >= 0.3 is 5.97 Å². The van der Waals surface area contributed by atoms with Crippen LogP contribution in [0, 0.1) is 0 Å². The molecule has 0 saturated carbocycles. The summed E-state index contributed by atoms with van der Waals surface area (Å²) in [5.41, 5.74) is 1.21. The van der Waals surface area contributed by atoms with Gasteiger partial charge in [-0.25, -0.2) is 0 Å². The molecule has 0 saturated heterocycles. The van der Waals surface area contributed by atoms with Crippen molar-refractivity contribution in [2.45, 2.75) is 19.4 Å². The standard InChI is InChI=1S/C21H21NO6/c1-4-28-18-11-13(9-10-17(18)26-2)16(12-19(23)27-3)22-20(24)14-7-5-6-8-15(14)21(22)25/h5-11,16H,4,12H2,1-3H3. The summed E-state index contributed by atoms with van der Waals surface area (Å²) in [6.45, 7) is 2.25. The van der Waals surface area contributed by atoms with E-state index in [-0.39, 0.29) is 6.42 Å². The largest absolute Gasteiger partial charge is 0.493 e. The number of benzene rings is 2. The number of hydrogen-bond acceptors (Lipinski definition) is 6. The monoisotopic (exact) mass is 383 g/mol. The molecule has 3 rings (SSSR count). The highest BCUT2D eigenvalue weighted by Gasteiger charge is 2.41. The van der Waals surface area contributed by atoms with Crippen molar-refractivity contribution in [1.82, 2.24) is 4.90 Å². The van der Waals surface area contributed by atoms with Crippen molar-refractivity contribution in [3.63, 3.8) is 0 Å². The van der Waals surface area contributed by atoms with Gasteiger partial charge in [0.2, 0.25) is 0 Å². The molecule has 0 radical (unpaired) electrons. The third-order valence-electron chi connectivity index (χ3n) is 4.60. The average molecular weight is 383 g/mol. The summed E-state index contributed by atoms with van der Waals surface area (Å²) in [4.78, 5) is 39.0. The molecule has 7 heteroatoms. The van der Waals surface area contributed by atoms with E-state index in [1.165, 1.54) is 14.2 Å². The van der Waals surface area contributed by atoms with E-state index >= 15 is 0 Å². The first-order valence-corrected chi connectivity index (χ1v) is 8.86. The van der Waals surface area contributed by atoms with E-state index in [1.807, 2.05) is 6.92 Å². The van der Waals surface area contributed by atoms with E-state index in [9.17, 15) is 14.4 Å². The minimum atomic E-state index is -0.829. The predicted molar refractivity (Wildman–Crippen MR) is 100 cm³/mol. The van der Waals surface area contributed by atoms with Crippen LogP contribution >= 0.6 is 0 Å². The van der Waals surface area contributed by atoms with Crippen LogP contribution in [0.4, 0.5) is 0 Å². The Morgan fingerprint density at radius 1 is 1.00 bits per heavy atom. The third-order valence-corrected chi connectivity index (χ3v) is 4.60. The van der Waals surface area contributed by atoms with Crippen LogP contribution in [0.15, 0.2) is 42.5 Å². The number of hydrogen-bond donors (Lipinski definition) is 0. The maximum atomic E-state index is 12.9. The number of carbonyl (C=O) groups is 3. The molecule has 0 aliphatic carbocycles. The van der Waals surface area contributed by atoms with Crippen LogP contribution in [0.5, 0.6) is 11.5 Å². The van der Waals surface area contributed by atoms with E-state index in [0.29, 0.717) is 34.8 Å². The summed E-state index contributed by atoms with van der Waals surface area (Å²) >= 11 is 0. The van der Waals surface area contributed by atoms with Gasteiger partial charge in [0.05, 0.1) is 44.4 Å². The molecule has 1 aliphatic heterocycles. The zero-order valence-corrected chi connectivity index (χ0v) is 15.9. The predicted octanol–water partition coefficient (Wildman–Crippen LogP) is 2.99. The minimum absolute atomic E-state index is 0.167. The molecule has 2 aromatic rings. The molecule has 2 aromatic carbocycles.